The molecule has 6 heteroatoms. The summed E-state index contributed by atoms with van der Waals surface area (Å²) in [7, 11) is 0. The quantitative estimate of drug-likeness (QED) is 0.567. The Kier molecular flexibility index (Phi) is 6.55. The van der Waals surface area contributed by atoms with Gasteiger partial charge < -0.3 is 19.9 Å². The average Bonchev–Trinajstić information content (AvgIpc) is 2.79. The zero-order valence-electron chi connectivity index (χ0n) is 17.1. The molecule has 5 nitrogen and oxygen atoms in total. The standard InChI is InChI=1S/C24H26BrN3O2/c1-2-27-13-15-28(16-14-27)21-10-6-5-9-20(21)26-23(29)17-30-22-12-11-18-7-3-4-8-19(18)24(22)25/h3-12H,2,13-17H2,1H3,(H,26,29). The molecule has 0 unspecified atom stereocenters. The minimum atomic E-state index is -0.172. The first-order chi connectivity index (χ1) is 14.7. The highest BCUT2D eigenvalue weighted by molar-refractivity contribution is 9.10. The summed E-state index contributed by atoms with van der Waals surface area (Å²) < 4.78 is 6.68. The molecule has 30 heavy (non-hydrogen) atoms. The van der Waals surface area contributed by atoms with E-state index < -0.39 is 0 Å². The van der Waals surface area contributed by atoms with Gasteiger partial charge in [0.1, 0.15) is 5.75 Å². The maximum absolute atomic E-state index is 12.6. The highest BCUT2D eigenvalue weighted by Crippen LogP contribution is 2.33. The number of nitrogens with zero attached hydrogens (tertiary/aromatic N) is 2. The molecule has 0 radical (unpaired) electrons. The summed E-state index contributed by atoms with van der Waals surface area (Å²) in [6.07, 6.45) is 0. The number of rotatable bonds is 6. The summed E-state index contributed by atoms with van der Waals surface area (Å²) in [4.78, 5) is 17.4. The van der Waals surface area contributed by atoms with Gasteiger partial charge in [0.15, 0.2) is 6.61 Å². The lowest BCUT2D eigenvalue weighted by Crippen LogP contribution is -2.46. The van der Waals surface area contributed by atoms with Crippen LogP contribution in [0.15, 0.2) is 65.1 Å². The van der Waals surface area contributed by atoms with E-state index in [1.54, 1.807) is 0 Å². The topological polar surface area (TPSA) is 44.8 Å². The van der Waals surface area contributed by atoms with Gasteiger partial charge in [0, 0.05) is 26.2 Å². The second-order valence-corrected chi connectivity index (χ2v) is 8.17. The van der Waals surface area contributed by atoms with Crippen LogP contribution < -0.4 is 15.0 Å². The van der Waals surface area contributed by atoms with Gasteiger partial charge in [-0.3, -0.25) is 4.79 Å². The molecule has 1 aliphatic heterocycles. The van der Waals surface area contributed by atoms with E-state index in [4.69, 9.17) is 4.74 Å². The Morgan fingerprint density at radius 2 is 1.73 bits per heavy atom. The Bertz CT molecular complexity index is 1030. The fraction of sp³-hybridized carbons (Fsp3) is 0.292. The number of para-hydroxylation sites is 2. The monoisotopic (exact) mass is 467 g/mol. The summed E-state index contributed by atoms with van der Waals surface area (Å²) in [5, 5.41) is 5.21. The van der Waals surface area contributed by atoms with Gasteiger partial charge in [-0.05, 0) is 51.4 Å². The first kappa shape index (κ1) is 20.7. The number of nitrogens with one attached hydrogen (secondary N) is 1. The Hall–Kier alpha value is -2.57. The number of carbonyl (C=O) groups is 1. The van der Waals surface area contributed by atoms with Crippen LogP contribution in [0, 0.1) is 0 Å². The van der Waals surface area contributed by atoms with E-state index in [1.807, 2.05) is 54.6 Å². The maximum atomic E-state index is 12.6. The number of ether oxygens (including phenoxy) is 1. The van der Waals surface area contributed by atoms with Crippen molar-refractivity contribution in [1.82, 2.24) is 4.90 Å². The molecule has 3 aromatic rings. The van der Waals surface area contributed by atoms with Gasteiger partial charge in [-0.25, -0.2) is 0 Å². The Labute approximate surface area is 185 Å². The zero-order chi connectivity index (χ0) is 20.9. The molecular formula is C24H26BrN3O2. The fourth-order valence-corrected chi connectivity index (χ4v) is 4.42. The summed E-state index contributed by atoms with van der Waals surface area (Å²) in [5.74, 6) is 0.488. The van der Waals surface area contributed by atoms with Crippen LogP contribution in [0.5, 0.6) is 5.75 Å². The fourth-order valence-electron chi connectivity index (χ4n) is 3.81. The number of hydrogen-bond acceptors (Lipinski definition) is 4. The largest absolute Gasteiger partial charge is 0.483 e. The van der Waals surface area contributed by atoms with E-state index in [0.29, 0.717) is 5.75 Å². The van der Waals surface area contributed by atoms with Crippen molar-refractivity contribution in [2.24, 2.45) is 0 Å². The molecule has 1 fully saturated rings. The van der Waals surface area contributed by atoms with Crippen molar-refractivity contribution in [3.05, 3.63) is 65.1 Å². The molecule has 1 N–H and O–H groups in total. The highest BCUT2D eigenvalue weighted by atomic mass is 79.9. The molecule has 156 valence electrons. The van der Waals surface area contributed by atoms with E-state index in [2.05, 4.69) is 44.0 Å². The number of halogens is 1. The highest BCUT2D eigenvalue weighted by Gasteiger charge is 2.19. The van der Waals surface area contributed by atoms with Crippen LogP contribution in [0.4, 0.5) is 11.4 Å². The van der Waals surface area contributed by atoms with Crippen LogP contribution in [0.1, 0.15) is 6.92 Å². The number of carbonyl (C=O) groups excluding carboxylic acids is 1. The lowest BCUT2D eigenvalue weighted by Gasteiger charge is -2.36. The number of benzene rings is 3. The molecule has 0 aromatic heterocycles. The minimum absolute atomic E-state index is 0.0467. The van der Waals surface area contributed by atoms with Gasteiger partial charge >= 0.3 is 0 Å². The van der Waals surface area contributed by atoms with Crippen LogP contribution in [0.25, 0.3) is 10.8 Å². The van der Waals surface area contributed by atoms with Gasteiger partial charge in [-0.2, -0.15) is 0 Å². The second kappa shape index (κ2) is 9.49. The number of likely N-dealkylation sites (N-methyl/N-ethyl adjacent to an activating group) is 1. The Balaban J connectivity index is 1.41. The van der Waals surface area contributed by atoms with Gasteiger partial charge in [0.25, 0.3) is 5.91 Å². The van der Waals surface area contributed by atoms with E-state index in [9.17, 15) is 4.79 Å². The third kappa shape index (κ3) is 4.60. The first-order valence-corrected chi connectivity index (χ1v) is 11.1. The van der Waals surface area contributed by atoms with Crippen LogP contribution in [-0.2, 0) is 4.79 Å². The van der Waals surface area contributed by atoms with Crippen LogP contribution in [0.3, 0.4) is 0 Å². The molecule has 0 atom stereocenters. The first-order valence-electron chi connectivity index (χ1n) is 10.3. The lowest BCUT2D eigenvalue weighted by atomic mass is 10.1. The second-order valence-electron chi connectivity index (χ2n) is 7.37. The van der Waals surface area contributed by atoms with Crippen molar-refractivity contribution in [1.29, 1.82) is 0 Å². The van der Waals surface area contributed by atoms with Gasteiger partial charge in [-0.15, -0.1) is 0 Å². The van der Waals surface area contributed by atoms with Crippen LogP contribution in [0.2, 0.25) is 0 Å². The summed E-state index contributed by atoms with van der Waals surface area (Å²) in [6.45, 7) is 7.22. The van der Waals surface area contributed by atoms with Crippen molar-refractivity contribution < 1.29 is 9.53 Å². The van der Waals surface area contributed by atoms with Crippen LogP contribution >= 0.6 is 15.9 Å². The van der Waals surface area contributed by atoms with E-state index in [0.717, 1.165) is 59.3 Å². The zero-order valence-corrected chi connectivity index (χ0v) is 18.7. The average molecular weight is 468 g/mol. The predicted molar refractivity (Wildman–Crippen MR) is 127 cm³/mol. The summed E-state index contributed by atoms with van der Waals surface area (Å²) >= 11 is 3.61. The number of anilines is 2. The van der Waals surface area contributed by atoms with Gasteiger partial charge in [0.05, 0.1) is 15.8 Å². The third-order valence-electron chi connectivity index (χ3n) is 5.52. The number of piperazine rings is 1. The van der Waals surface area contributed by atoms with E-state index in [-0.39, 0.29) is 12.5 Å². The van der Waals surface area contributed by atoms with Gasteiger partial charge in [0.2, 0.25) is 0 Å². The third-order valence-corrected chi connectivity index (χ3v) is 6.34. The van der Waals surface area contributed by atoms with Crippen molar-refractivity contribution in [3.63, 3.8) is 0 Å². The molecule has 4 rings (SSSR count). The van der Waals surface area contributed by atoms with Crippen LogP contribution in [-0.4, -0.2) is 50.1 Å². The smallest absolute Gasteiger partial charge is 0.262 e. The predicted octanol–water partition coefficient (Wildman–Crippen LogP) is 4.76. The normalized spacial score (nSPS) is 14.7. The molecule has 0 saturated carbocycles. The molecule has 1 heterocycles. The number of amides is 1. The van der Waals surface area contributed by atoms with E-state index in [1.165, 1.54) is 0 Å². The molecule has 0 spiro atoms. The van der Waals surface area contributed by atoms with Crippen molar-refractivity contribution in [2.45, 2.75) is 6.92 Å². The summed E-state index contributed by atoms with van der Waals surface area (Å²) in [5.41, 5.74) is 1.89. The molecule has 0 bridgehead atoms. The summed E-state index contributed by atoms with van der Waals surface area (Å²) in [6, 6.07) is 19.9. The number of fused-ring (bicyclic) bond motifs is 1. The van der Waals surface area contributed by atoms with E-state index >= 15 is 0 Å². The maximum Gasteiger partial charge on any atom is 0.262 e. The van der Waals surface area contributed by atoms with Crippen molar-refractivity contribution >= 4 is 44.0 Å². The molecule has 0 aliphatic carbocycles. The Morgan fingerprint density at radius 3 is 2.53 bits per heavy atom. The van der Waals surface area contributed by atoms with Crippen molar-refractivity contribution in [3.8, 4) is 5.75 Å². The van der Waals surface area contributed by atoms with Crippen molar-refractivity contribution in [2.75, 3.05) is 49.5 Å². The molecule has 3 aromatic carbocycles. The molecule has 1 saturated heterocycles. The molecular weight excluding hydrogens is 442 g/mol. The lowest BCUT2D eigenvalue weighted by molar-refractivity contribution is -0.118. The Morgan fingerprint density at radius 1 is 1.00 bits per heavy atom. The van der Waals surface area contributed by atoms with Gasteiger partial charge in [-0.1, -0.05) is 49.4 Å². The number of hydrogen-bond donors (Lipinski definition) is 1. The minimum Gasteiger partial charge on any atom is -0.483 e. The SMILES string of the molecule is CCN1CCN(c2ccccc2NC(=O)COc2ccc3ccccc3c2Br)CC1. The molecule has 1 aliphatic rings. The molecule has 1 amide bonds.